The van der Waals surface area contributed by atoms with E-state index in [1.54, 1.807) is 31.4 Å². The van der Waals surface area contributed by atoms with Crippen LogP contribution in [0.3, 0.4) is 0 Å². The molecule has 4 nitrogen and oxygen atoms in total. The molecule has 0 aromatic heterocycles. The normalized spacial score (nSPS) is 11.7. The minimum absolute atomic E-state index is 0.344. The summed E-state index contributed by atoms with van der Waals surface area (Å²) in [7, 11) is 1.60. The molecule has 0 saturated carbocycles. The summed E-state index contributed by atoms with van der Waals surface area (Å²) in [5.74, 6) is 0.747. The first-order valence-electron chi connectivity index (χ1n) is 5.33. The lowest BCUT2D eigenvalue weighted by atomic mass is 10.3. The summed E-state index contributed by atoms with van der Waals surface area (Å²) < 4.78 is 10.0. The van der Waals surface area contributed by atoms with Crippen LogP contribution in [0.15, 0.2) is 24.3 Å². The van der Waals surface area contributed by atoms with E-state index in [1.165, 1.54) is 0 Å². The molecule has 1 aromatic rings. The Morgan fingerprint density at radius 1 is 1.41 bits per heavy atom. The van der Waals surface area contributed by atoms with Gasteiger partial charge in [0.25, 0.3) is 0 Å². The van der Waals surface area contributed by atoms with Gasteiger partial charge in [0.1, 0.15) is 5.75 Å². The molecule has 1 rings (SSSR count). The van der Waals surface area contributed by atoms with Gasteiger partial charge in [0, 0.05) is 10.5 Å². The lowest BCUT2D eigenvalue weighted by molar-refractivity contribution is 0.160. The van der Waals surface area contributed by atoms with E-state index in [0.29, 0.717) is 17.1 Å². The van der Waals surface area contributed by atoms with Crippen molar-refractivity contribution in [1.29, 1.82) is 0 Å². The van der Waals surface area contributed by atoms with Gasteiger partial charge in [-0.15, -0.1) is 0 Å². The van der Waals surface area contributed by atoms with Crippen LogP contribution in [-0.4, -0.2) is 24.6 Å². The van der Waals surface area contributed by atoms with Gasteiger partial charge in [-0.25, -0.2) is 4.79 Å². The van der Waals surface area contributed by atoms with Crippen molar-refractivity contribution >= 4 is 27.7 Å². The molecular weight excluding hydrogens is 286 g/mol. The zero-order chi connectivity index (χ0) is 12.7. The predicted octanol–water partition coefficient (Wildman–Crippen LogP) is 3.42. The minimum Gasteiger partial charge on any atom is -0.497 e. The molecule has 0 heterocycles. The van der Waals surface area contributed by atoms with Crippen molar-refractivity contribution in [3.63, 3.8) is 0 Å². The maximum Gasteiger partial charge on any atom is 0.411 e. The summed E-state index contributed by atoms with van der Waals surface area (Å²) in [5, 5.41) is 2.63. The van der Waals surface area contributed by atoms with Crippen molar-refractivity contribution in [2.75, 3.05) is 19.0 Å². The molecule has 1 N–H and O–H groups in total. The Balaban J connectivity index is 2.34. The molecule has 1 aromatic carbocycles. The number of anilines is 1. The molecule has 0 aliphatic rings. The largest absolute Gasteiger partial charge is 0.497 e. The molecule has 0 saturated heterocycles. The fraction of sp³-hybridized carbons (Fsp3) is 0.417. The van der Waals surface area contributed by atoms with E-state index in [2.05, 4.69) is 21.2 Å². The summed E-state index contributed by atoms with van der Waals surface area (Å²) >= 11 is 3.38. The number of halogens is 1. The summed E-state index contributed by atoms with van der Waals surface area (Å²) in [5.41, 5.74) is 0.683. The Labute approximate surface area is 109 Å². The van der Waals surface area contributed by atoms with Crippen LogP contribution < -0.4 is 10.1 Å². The van der Waals surface area contributed by atoms with Gasteiger partial charge in [-0.3, -0.25) is 5.32 Å². The van der Waals surface area contributed by atoms with Gasteiger partial charge in [0.05, 0.1) is 13.7 Å². The first kappa shape index (κ1) is 13.8. The van der Waals surface area contributed by atoms with Crippen LogP contribution in [0.2, 0.25) is 0 Å². The van der Waals surface area contributed by atoms with Crippen molar-refractivity contribution in [3.05, 3.63) is 24.3 Å². The van der Waals surface area contributed by atoms with Crippen molar-refractivity contribution < 1.29 is 14.3 Å². The number of ether oxygens (including phenoxy) is 2. The number of rotatable bonds is 5. The summed E-state index contributed by atoms with van der Waals surface area (Å²) in [6, 6.07) is 7.06. The van der Waals surface area contributed by atoms with Crippen LogP contribution in [0, 0.1) is 0 Å². The highest BCUT2D eigenvalue weighted by molar-refractivity contribution is 9.09. The van der Waals surface area contributed by atoms with Gasteiger partial charge in [-0.1, -0.05) is 22.9 Å². The second kappa shape index (κ2) is 7.17. The first-order valence-corrected chi connectivity index (χ1v) is 6.25. The van der Waals surface area contributed by atoms with E-state index in [9.17, 15) is 4.79 Å². The number of methoxy groups -OCH3 is 1. The molecule has 0 aliphatic heterocycles. The Hall–Kier alpha value is -1.23. The number of amides is 1. The van der Waals surface area contributed by atoms with E-state index in [-0.39, 0.29) is 0 Å². The number of carbonyl (C=O) groups is 1. The third-order valence-electron chi connectivity index (χ3n) is 2.09. The maximum atomic E-state index is 11.4. The Morgan fingerprint density at radius 2 is 2.06 bits per heavy atom. The van der Waals surface area contributed by atoms with Crippen LogP contribution in [-0.2, 0) is 4.74 Å². The number of benzene rings is 1. The van der Waals surface area contributed by atoms with E-state index in [4.69, 9.17) is 9.47 Å². The molecule has 1 atom stereocenters. The minimum atomic E-state index is -0.441. The maximum absolute atomic E-state index is 11.4. The highest BCUT2D eigenvalue weighted by Gasteiger charge is 2.04. The molecule has 0 unspecified atom stereocenters. The van der Waals surface area contributed by atoms with Gasteiger partial charge in [-0.2, -0.15) is 0 Å². The number of hydrogen-bond acceptors (Lipinski definition) is 3. The lowest BCUT2D eigenvalue weighted by Gasteiger charge is -2.08. The van der Waals surface area contributed by atoms with Crippen LogP contribution in [0.25, 0.3) is 0 Å². The molecule has 5 heteroatoms. The number of alkyl halides is 1. The average molecular weight is 302 g/mol. The second-order valence-electron chi connectivity index (χ2n) is 3.56. The highest BCUT2D eigenvalue weighted by Crippen LogP contribution is 2.15. The van der Waals surface area contributed by atoms with E-state index >= 15 is 0 Å². The number of nitrogens with one attached hydrogen (secondary N) is 1. The Morgan fingerprint density at radius 3 is 2.59 bits per heavy atom. The SMILES string of the molecule is COc1ccc(NC(=O)OCC[C@@H](C)Br)cc1. The topological polar surface area (TPSA) is 47.6 Å². The van der Waals surface area contributed by atoms with Crippen LogP contribution >= 0.6 is 15.9 Å². The third-order valence-corrected chi connectivity index (χ3v) is 2.54. The van der Waals surface area contributed by atoms with Crippen molar-refractivity contribution in [3.8, 4) is 5.75 Å². The molecular formula is C12H16BrNO3. The molecule has 94 valence electrons. The van der Waals surface area contributed by atoms with Crippen LogP contribution in [0.4, 0.5) is 10.5 Å². The van der Waals surface area contributed by atoms with Gasteiger partial charge >= 0.3 is 6.09 Å². The van der Waals surface area contributed by atoms with Crippen molar-refractivity contribution in [1.82, 2.24) is 0 Å². The number of carbonyl (C=O) groups excluding carboxylic acids is 1. The van der Waals surface area contributed by atoms with Crippen LogP contribution in [0.1, 0.15) is 13.3 Å². The molecule has 0 aliphatic carbocycles. The van der Waals surface area contributed by atoms with Crippen molar-refractivity contribution in [2.24, 2.45) is 0 Å². The van der Waals surface area contributed by atoms with Gasteiger partial charge in [0.15, 0.2) is 0 Å². The molecule has 0 spiro atoms. The first-order chi connectivity index (χ1) is 8.11. The molecule has 17 heavy (non-hydrogen) atoms. The zero-order valence-corrected chi connectivity index (χ0v) is 11.5. The number of hydrogen-bond donors (Lipinski definition) is 1. The highest BCUT2D eigenvalue weighted by atomic mass is 79.9. The summed E-state index contributed by atoms with van der Waals surface area (Å²) in [6.45, 7) is 2.40. The van der Waals surface area contributed by atoms with Gasteiger partial charge < -0.3 is 9.47 Å². The lowest BCUT2D eigenvalue weighted by Crippen LogP contribution is -2.15. The molecule has 0 fully saturated rings. The fourth-order valence-electron chi connectivity index (χ4n) is 1.14. The monoisotopic (exact) mass is 301 g/mol. The van der Waals surface area contributed by atoms with Crippen molar-refractivity contribution in [2.45, 2.75) is 18.2 Å². The van der Waals surface area contributed by atoms with E-state index in [1.807, 2.05) is 6.92 Å². The summed E-state index contributed by atoms with van der Waals surface area (Å²) in [4.78, 5) is 11.7. The fourth-order valence-corrected chi connectivity index (χ4v) is 1.33. The van der Waals surface area contributed by atoms with Gasteiger partial charge in [-0.05, 0) is 30.7 Å². The standard InChI is InChI=1S/C12H16BrNO3/c1-9(13)7-8-17-12(15)14-10-3-5-11(16-2)6-4-10/h3-6,9H,7-8H2,1-2H3,(H,14,15)/t9-/m1/s1. The Kier molecular flexibility index (Phi) is 5.83. The van der Waals surface area contributed by atoms with Crippen LogP contribution in [0.5, 0.6) is 5.75 Å². The van der Waals surface area contributed by atoms with E-state index < -0.39 is 6.09 Å². The Bertz CT molecular complexity index is 351. The third kappa shape index (κ3) is 5.58. The van der Waals surface area contributed by atoms with Gasteiger partial charge in [0.2, 0.25) is 0 Å². The molecule has 0 bridgehead atoms. The van der Waals surface area contributed by atoms with E-state index in [0.717, 1.165) is 12.2 Å². The predicted molar refractivity (Wildman–Crippen MR) is 71.0 cm³/mol. The zero-order valence-electron chi connectivity index (χ0n) is 9.90. The molecule has 0 radical (unpaired) electrons. The smallest absolute Gasteiger partial charge is 0.411 e. The quantitative estimate of drug-likeness (QED) is 0.848. The molecule has 1 amide bonds. The second-order valence-corrected chi connectivity index (χ2v) is 5.12. The summed E-state index contributed by atoms with van der Waals surface area (Å²) in [6.07, 6.45) is 0.346. The average Bonchev–Trinajstić information content (AvgIpc) is 2.29.